The minimum absolute atomic E-state index is 0.0214. The minimum atomic E-state index is -0.683. The average Bonchev–Trinajstić information content (AvgIpc) is 3.02. The molecule has 1 aromatic carbocycles. The first kappa shape index (κ1) is 15.7. The number of imide groups is 1. The van der Waals surface area contributed by atoms with E-state index < -0.39 is 24.4 Å². The van der Waals surface area contributed by atoms with Crippen LogP contribution in [0, 0.1) is 0 Å². The Kier molecular flexibility index (Phi) is 5.26. The summed E-state index contributed by atoms with van der Waals surface area (Å²) >= 11 is 1.21. The Bertz CT molecular complexity index is 664. The number of hydrogen-bond acceptors (Lipinski definition) is 6. The topological polar surface area (TPSA) is 92.7 Å². The highest BCUT2D eigenvalue weighted by Gasteiger charge is 2.13. The lowest BCUT2D eigenvalue weighted by Gasteiger charge is -2.05. The molecule has 7 heteroatoms. The Balaban J connectivity index is 1.75. The van der Waals surface area contributed by atoms with Gasteiger partial charge in [0.15, 0.2) is 6.61 Å². The van der Waals surface area contributed by atoms with Gasteiger partial charge in [0.2, 0.25) is 0 Å². The van der Waals surface area contributed by atoms with E-state index in [-0.39, 0.29) is 12.2 Å². The molecule has 22 heavy (non-hydrogen) atoms. The van der Waals surface area contributed by atoms with Crippen LogP contribution in [-0.4, -0.2) is 29.5 Å². The van der Waals surface area contributed by atoms with Gasteiger partial charge in [0.25, 0.3) is 11.8 Å². The van der Waals surface area contributed by atoms with E-state index in [9.17, 15) is 14.4 Å². The van der Waals surface area contributed by atoms with Crippen molar-refractivity contribution in [3.63, 3.8) is 0 Å². The van der Waals surface area contributed by atoms with Crippen LogP contribution in [0.1, 0.15) is 15.2 Å². The number of aromatic hydroxyl groups is 1. The molecule has 2 N–H and O–H groups in total. The summed E-state index contributed by atoms with van der Waals surface area (Å²) in [6, 6.07) is 9.35. The lowest BCUT2D eigenvalue weighted by Crippen LogP contribution is -2.33. The van der Waals surface area contributed by atoms with Crippen molar-refractivity contribution in [3.8, 4) is 5.75 Å². The molecule has 0 aliphatic carbocycles. The molecule has 0 radical (unpaired) electrons. The summed E-state index contributed by atoms with van der Waals surface area (Å²) in [4.78, 5) is 35.1. The van der Waals surface area contributed by atoms with Crippen LogP contribution in [0.25, 0.3) is 0 Å². The molecule has 0 unspecified atom stereocenters. The lowest BCUT2D eigenvalue weighted by atomic mass is 10.1. The van der Waals surface area contributed by atoms with E-state index in [1.165, 1.54) is 23.5 Å². The lowest BCUT2D eigenvalue weighted by molar-refractivity contribution is -0.147. The Morgan fingerprint density at radius 2 is 1.86 bits per heavy atom. The van der Waals surface area contributed by atoms with Gasteiger partial charge < -0.3 is 9.84 Å². The molecule has 0 saturated heterocycles. The summed E-state index contributed by atoms with van der Waals surface area (Å²) in [5.41, 5.74) is 0.651. The van der Waals surface area contributed by atoms with Crippen molar-refractivity contribution >= 4 is 29.1 Å². The van der Waals surface area contributed by atoms with Crippen LogP contribution in [0.3, 0.4) is 0 Å². The van der Waals surface area contributed by atoms with Gasteiger partial charge in [0.05, 0.1) is 11.3 Å². The van der Waals surface area contributed by atoms with Gasteiger partial charge in [-0.25, -0.2) is 0 Å². The standard InChI is InChI=1S/C15H13NO5S/c17-11-5-3-10(4-6-11)8-14(19)21-9-13(18)16-15(20)12-2-1-7-22-12/h1-7,17H,8-9H2,(H,16,18,20). The van der Waals surface area contributed by atoms with Gasteiger partial charge in [-0.2, -0.15) is 0 Å². The highest BCUT2D eigenvalue weighted by Crippen LogP contribution is 2.10. The van der Waals surface area contributed by atoms with E-state index in [4.69, 9.17) is 9.84 Å². The highest BCUT2D eigenvalue weighted by atomic mass is 32.1. The molecule has 0 saturated carbocycles. The van der Waals surface area contributed by atoms with E-state index in [0.29, 0.717) is 10.4 Å². The van der Waals surface area contributed by atoms with Crippen LogP contribution >= 0.6 is 11.3 Å². The molecule has 2 amide bonds. The van der Waals surface area contributed by atoms with Gasteiger partial charge in [-0.15, -0.1) is 11.3 Å². The fourth-order valence-electron chi connectivity index (χ4n) is 1.61. The second-order valence-corrected chi connectivity index (χ2v) is 5.31. The number of phenols is 1. The van der Waals surface area contributed by atoms with Crippen molar-refractivity contribution in [3.05, 3.63) is 52.2 Å². The number of nitrogens with one attached hydrogen (secondary N) is 1. The summed E-state index contributed by atoms with van der Waals surface area (Å²) in [7, 11) is 0. The third-order valence-electron chi connectivity index (χ3n) is 2.65. The Morgan fingerprint density at radius 3 is 2.50 bits per heavy atom. The molecule has 1 heterocycles. The molecular weight excluding hydrogens is 306 g/mol. The molecule has 2 aromatic rings. The molecule has 0 fully saturated rings. The minimum Gasteiger partial charge on any atom is -0.508 e. The largest absolute Gasteiger partial charge is 0.508 e. The summed E-state index contributed by atoms with van der Waals surface area (Å²) in [6.45, 7) is -0.520. The average molecular weight is 319 g/mol. The van der Waals surface area contributed by atoms with E-state index >= 15 is 0 Å². The number of ether oxygens (including phenoxy) is 1. The summed E-state index contributed by atoms with van der Waals surface area (Å²) in [5, 5.41) is 13.0. The summed E-state index contributed by atoms with van der Waals surface area (Å²) < 4.78 is 4.79. The first-order chi connectivity index (χ1) is 10.5. The molecule has 2 rings (SSSR count). The molecule has 0 atom stereocenters. The third-order valence-corrected chi connectivity index (χ3v) is 3.52. The van der Waals surface area contributed by atoms with Crippen LogP contribution < -0.4 is 5.32 Å². The molecule has 1 aromatic heterocycles. The Labute approximate surface area is 130 Å². The van der Waals surface area contributed by atoms with Gasteiger partial charge in [0.1, 0.15) is 5.75 Å². The monoisotopic (exact) mass is 319 g/mol. The van der Waals surface area contributed by atoms with E-state index in [1.54, 1.807) is 29.6 Å². The zero-order valence-corrected chi connectivity index (χ0v) is 12.3. The number of esters is 1. The summed E-state index contributed by atoms with van der Waals surface area (Å²) in [5.74, 6) is -1.69. The quantitative estimate of drug-likeness (QED) is 0.815. The van der Waals surface area contributed by atoms with Crippen molar-refractivity contribution in [1.82, 2.24) is 5.32 Å². The molecule has 114 valence electrons. The van der Waals surface area contributed by atoms with Crippen molar-refractivity contribution in [1.29, 1.82) is 0 Å². The van der Waals surface area contributed by atoms with Crippen molar-refractivity contribution in [2.45, 2.75) is 6.42 Å². The number of hydrogen-bond donors (Lipinski definition) is 2. The van der Waals surface area contributed by atoms with Crippen molar-refractivity contribution < 1.29 is 24.2 Å². The molecular formula is C15H13NO5S. The third kappa shape index (κ3) is 4.71. The van der Waals surface area contributed by atoms with Gasteiger partial charge in [0, 0.05) is 0 Å². The fraction of sp³-hybridized carbons (Fsp3) is 0.133. The van der Waals surface area contributed by atoms with Crippen LogP contribution in [0.4, 0.5) is 0 Å². The van der Waals surface area contributed by atoms with Crippen LogP contribution in [-0.2, 0) is 20.7 Å². The Hall–Kier alpha value is -2.67. The second kappa shape index (κ2) is 7.37. The van der Waals surface area contributed by atoms with Gasteiger partial charge in [-0.05, 0) is 29.1 Å². The fourth-order valence-corrected chi connectivity index (χ4v) is 2.23. The maximum Gasteiger partial charge on any atom is 0.310 e. The zero-order valence-electron chi connectivity index (χ0n) is 11.4. The van der Waals surface area contributed by atoms with E-state index in [2.05, 4.69) is 5.32 Å². The number of rotatable bonds is 5. The number of amides is 2. The SMILES string of the molecule is O=C(COC(=O)Cc1ccc(O)cc1)NC(=O)c1cccs1. The maximum atomic E-state index is 11.6. The van der Waals surface area contributed by atoms with Crippen LogP contribution in [0.2, 0.25) is 0 Å². The normalized spacial score (nSPS) is 10.0. The number of phenolic OH excluding ortho intramolecular Hbond substituents is 1. The van der Waals surface area contributed by atoms with Crippen molar-refractivity contribution in [2.24, 2.45) is 0 Å². The highest BCUT2D eigenvalue weighted by molar-refractivity contribution is 7.12. The first-order valence-electron chi connectivity index (χ1n) is 6.36. The van der Waals surface area contributed by atoms with Crippen LogP contribution in [0.15, 0.2) is 41.8 Å². The van der Waals surface area contributed by atoms with Gasteiger partial charge in [-0.1, -0.05) is 18.2 Å². The van der Waals surface area contributed by atoms with Crippen LogP contribution in [0.5, 0.6) is 5.75 Å². The molecule has 6 nitrogen and oxygen atoms in total. The molecule has 0 bridgehead atoms. The van der Waals surface area contributed by atoms with Gasteiger partial charge >= 0.3 is 5.97 Å². The predicted octanol–water partition coefficient (Wildman–Crippen LogP) is 1.50. The maximum absolute atomic E-state index is 11.6. The second-order valence-electron chi connectivity index (χ2n) is 4.36. The Morgan fingerprint density at radius 1 is 1.14 bits per heavy atom. The van der Waals surface area contributed by atoms with E-state index in [1.807, 2.05) is 0 Å². The predicted molar refractivity (Wildman–Crippen MR) is 79.6 cm³/mol. The number of thiophene rings is 1. The van der Waals surface area contributed by atoms with Crippen molar-refractivity contribution in [2.75, 3.05) is 6.61 Å². The van der Waals surface area contributed by atoms with Gasteiger partial charge in [-0.3, -0.25) is 19.7 Å². The molecule has 0 aliphatic heterocycles. The number of carbonyl (C=O) groups is 3. The number of benzene rings is 1. The first-order valence-corrected chi connectivity index (χ1v) is 7.24. The summed E-state index contributed by atoms with van der Waals surface area (Å²) in [6.07, 6.45) is -0.0214. The smallest absolute Gasteiger partial charge is 0.310 e. The zero-order chi connectivity index (χ0) is 15.9. The van der Waals surface area contributed by atoms with E-state index in [0.717, 1.165) is 0 Å². The molecule has 0 spiro atoms. The molecule has 0 aliphatic rings. The number of carbonyl (C=O) groups excluding carboxylic acids is 3.